The molecule has 0 fully saturated rings. The van der Waals surface area contributed by atoms with Crippen LogP contribution in [0.5, 0.6) is 0 Å². The van der Waals surface area contributed by atoms with E-state index in [4.69, 9.17) is 10.2 Å². The average molecular weight is 241 g/mol. The molecular weight excluding hydrogens is 225 g/mol. The summed E-state index contributed by atoms with van der Waals surface area (Å²) in [6, 6.07) is 4.22. The summed E-state index contributed by atoms with van der Waals surface area (Å²) in [6.07, 6.45) is 0. The van der Waals surface area contributed by atoms with Crippen LogP contribution in [0.3, 0.4) is 0 Å². The Morgan fingerprint density at radius 2 is 1.88 bits per heavy atom. The smallest absolute Gasteiger partial charge is 0.254 e. The topological polar surface area (TPSA) is 60.8 Å². The van der Waals surface area contributed by atoms with E-state index in [1.54, 1.807) is 6.92 Å². The number of carbonyl (C=O) groups is 1. The molecule has 1 aromatic rings. The van der Waals surface area contributed by atoms with Crippen LogP contribution in [0.25, 0.3) is 0 Å². The Balaban J connectivity index is 2.88. The quantitative estimate of drug-likeness (QED) is 0.792. The normalized spacial score (nSPS) is 10.4. The van der Waals surface area contributed by atoms with Crippen molar-refractivity contribution in [2.75, 3.05) is 26.3 Å². The predicted molar refractivity (Wildman–Crippen MR) is 61.2 cm³/mol. The van der Waals surface area contributed by atoms with Crippen LogP contribution < -0.4 is 0 Å². The molecule has 0 unspecified atom stereocenters. The van der Waals surface area contributed by atoms with Gasteiger partial charge in [-0.15, -0.1) is 0 Å². The van der Waals surface area contributed by atoms with Crippen molar-refractivity contribution in [1.82, 2.24) is 4.90 Å². The second-order valence-electron chi connectivity index (χ2n) is 3.70. The minimum atomic E-state index is -0.441. The number of carbonyl (C=O) groups excluding carboxylic acids is 1. The van der Waals surface area contributed by atoms with Crippen LogP contribution in [0.15, 0.2) is 18.2 Å². The maximum Gasteiger partial charge on any atom is 0.254 e. The summed E-state index contributed by atoms with van der Waals surface area (Å²) in [4.78, 5) is 13.2. The van der Waals surface area contributed by atoms with Gasteiger partial charge in [-0.05, 0) is 24.6 Å². The SMILES string of the molecule is Cc1ccc(C(=O)N(CCO)CCO)cc1F. The fraction of sp³-hybridized carbons (Fsp3) is 0.417. The zero-order valence-corrected chi connectivity index (χ0v) is 9.69. The van der Waals surface area contributed by atoms with Crippen molar-refractivity contribution in [2.24, 2.45) is 0 Å². The third-order valence-corrected chi connectivity index (χ3v) is 2.45. The first-order valence-corrected chi connectivity index (χ1v) is 5.37. The third kappa shape index (κ3) is 3.51. The number of aryl methyl sites for hydroxylation is 1. The third-order valence-electron chi connectivity index (χ3n) is 2.45. The molecule has 0 atom stereocenters. The van der Waals surface area contributed by atoms with Crippen molar-refractivity contribution in [3.05, 3.63) is 35.1 Å². The van der Waals surface area contributed by atoms with E-state index in [2.05, 4.69) is 0 Å². The lowest BCUT2D eigenvalue weighted by Gasteiger charge is -2.20. The van der Waals surface area contributed by atoms with E-state index < -0.39 is 11.7 Å². The Bertz CT molecular complexity index is 389. The summed E-state index contributed by atoms with van der Waals surface area (Å²) < 4.78 is 13.3. The first-order valence-electron chi connectivity index (χ1n) is 5.37. The number of hydrogen-bond acceptors (Lipinski definition) is 3. The molecule has 2 N–H and O–H groups in total. The van der Waals surface area contributed by atoms with E-state index in [0.29, 0.717) is 5.56 Å². The van der Waals surface area contributed by atoms with Gasteiger partial charge in [-0.1, -0.05) is 6.07 Å². The van der Waals surface area contributed by atoms with E-state index in [-0.39, 0.29) is 31.9 Å². The summed E-state index contributed by atoms with van der Waals surface area (Å²) >= 11 is 0. The molecule has 4 nitrogen and oxygen atoms in total. The molecule has 0 aliphatic carbocycles. The minimum Gasteiger partial charge on any atom is -0.395 e. The molecule has 0 aliphatic heterocycles. The second-order valence-corrected chi connectivity index (χ2v) is 3.70. The van der Waals surface area contributed by atoms with Gasteiger partial charge in [0.2, 0.25) is 0 Å². The van der Waals surface area contributed by atoms with E-state index in [9.17, 15) is 9.18 Å². The molecule has 0 bridgehead atoms. The Labute approximate surface area is 99.3 Å². The van der Waals surface area contributed by atoms with Gasteiger partial charge in [0.25, 0.3) is 5.91 Å². The van der Waals surface area contributed by atoms with Gasteiger partial charge in [-0.2, -0.15) is 0 Å². The second kappa shape index (κ2) is 6.32. The molecule has 0 heterocycles. The molecule has 5 heteroatoms. The summed E-state index contributed by atoms with van der Waals surface area (Å²) in [7, 11) is 0. The van der Waals surface area contributed by atoms with E-state index in [1.807, 2.05) is 0 Å². The molecule has 0 saturated carbocycles. The summed E-state index contributed by atoms with van der Waals surface area (Å²) in [5.41, 5.74) is 0.687. The van der Waals surface area contributed by atoms with Crippen molar-refractivity contribution in [2.45, 2.75) is 6.92 Å². The van der Waals surface area contributed by atoms with Gasteiger partial charge in [0.05, 0.1) is 13.2 Å². The lowest BCUT2D eigenvalue weighted by molar-refractivity contribution is 0.0684. The number of aliphatic hydroxyl groups excluding tert-OH is 2. The average Bonchev–Trinajstić information content (AvgIpc) is 2.31. The van der Waals surface area contributed by atoms with Crippen molar-refractivity contribution in [1.29, 1.82) is 0 Å². The number of benzene rings is 1. The molecule has 0 saturated heterocycles. The van der Waals surface area contributed by atoms with Crippen LogP contribution in [0, 0.1) is 12.7 Å². The molecule has 94 valence electrons. The van der Waals surface area contributed by atoms with Gasteiger partial charge < -0.3 is 15.1 Å². The van der Waals surface area contributed by atoms with E-state index in [0.717, 1.165) is 0 Å². The van der Waals surface area contributed by atoms with Crippen LogP contribution >= 0.6 is 0 Å². The Hall–Kier alpha value is -1.46. The lowest BCUT2D eigenvalue weighted by atomic mass is 10.1. The summed E-state index contributed by atoms with van der Waals surface area (Å²) in [6.45, 7) is 1.47. The van der Waals surface area contributed by atoms with Crippen LogP contribution in [0.1, 0.15) is 15.9 Å². The highest BCUT2D eigenvalue weighted by Gasteiger charge is 2.15. The molecule has 1 aromatic carbocycles. The maximum atomic E-state index is 13.3. The zero-order chi connectivity index (χ0) is 12.8. The number of rotatable bonds is 5. The molecule has 1 amide bonds. The highest BCUT2D eigenvalue weighted by Crippen LogP contribution is 2.11. The number of halogens is 1. The molecule has 17 heavy (non-hydrogen) atoms. The van der Waals surface area contributed by atoms with Crippen molar-refractivity contribution < 1.29 is 19.4 Å². The standard InChI is InChI=1S/C12H16FNO3/c1-9-2-3-10(8-11(9)13)12(17)14(4-6-15)5-7-16/h2-3,8,15-16H,4-7H2,1H3. The van der Waals surface area contributed by atoms with E-state index >= 15 is 0 Å². The van der Waals surface area contributed by atoms with Crippen LogP contribution in [-0.2, 0) is 0 Å². The summed E-state index contributed by atoms with van der Waals surface area (Å²) in [5, 5.41) is 17.6. The van der Waals surface area contributed by atoms with Gasteiger partial charge in [-0.3, -0.25) is 4.79 Å². The first kappa shape index (κ1) is 13.6. The van der Waals surface area contributed by atoms with Gasteiger partial charge >= 0.3 is 0 Å². The number of aliphatic hydroxyl groups is 2. The largest absolute Gasteiger partial charge is 0.395 e. The highest BCUT2D eigenvalue weighted by atomic mass is 19.1. The minimum absolute atomic E-state index is 0.120. The molecule has 1 rings (SSSR count). The summed E-state index contributed by atoms with van der Waals surface area (Å²) in [5.74, 6) is -0.837. The van der Waals surface area contributed by atoms with Crippen LogP contribution in [-0.4, -0.2) is 47.3 Å². The Morgan fingerprint density at radius 1 is 1.29 bits per heavy atom. The fourth-order valence-electron chi connectivity index (χ4n) is 1.46. The molecule has 0 radical (unpaired) electrons. The van der Waals surface area contributed by atoms with Crippen molar-refractivity contribution in [3.63, 3.8) is 0 Å². The molecule has 0 spiro atoms. The Kier molecular flexibility index (Phi) is 5.06. The van der Waals surface area contributed by atoms with Crippen LogP contribution in [0.4, 0.5) is 4.39 Å². The Morgan fingerprint density at radius 3 is 2.35 bits per heavy atom. The number of hydrogen-bond donors (Lipinski definition) is 2. The van der Waals surface area contributed by atoms with Crippen molar-refractivity contribution in [3.8, 4) is 0 Å². The first-order chi connectivity index (χ1) is 8.10. The fourth-order valence-corrected chi connectivity index (χ4v) is 1.46. The number of nitrogens with zero attached hydrogens (tertiary/aromatic N) is 1. The molecule has 0 aromatic heterocycles. The van der Waals surface area contributed by atoms with Crippen molar-refractivity contribution >= 4 is 5.91 Å². The van der Waals surface area contributed by atoms with E-state index in [1.165, 1.54) is 23.1 Å². The van der Waals surface area contributed by atoms with Crippen LogP contribution in [0.2, 0.25) is 0 Å². The lowest BCUT2D eigenvalue weighted by Crippen LogP contribution is -2.35. The highest BCUT2D eigenvalue weighted by molar-refractivity contribution is 5.94. The van der Waals surface area contributed by atoms with Gasteiger partial charge in [0.1, 0.15) is 5.82 Å². The van der Waals surface area contributed by atoms with Gasteiger partial charge in [-0.25, -0.2) is 4.39 Å². The zero-order valence-electron chi connectivity index (χ0n) is 9.69. The maximum absolute atomic E-state index is 13.3. The van der Waals surface area contributed by atoms with Gasteiger partial charge in [0.15, 0.2) is 0 Å². The van der Waals surface area contributed by atoms with Gasteiger partial charge in [0, 0.05) is 18.7 Å². The molecular formula is C12H16FNO3. The molecule has 0 aliphatic rings. The number of amides is 1. The monoisotopic (exact) mass is 241 g/mol. The predicted octanol–water partition coefficient (Wildman–Crippen LogP) is 0.561.